The minimum Gasteiger partial charge on any atom is -0.507 e. The smallest absolute Gasteiger partial charge is 0.342 e. The molecule has 0 spiro atoms. The Balaban J connectivity index is 3.53. The van der Waals surface area contributed by atoms with Crippen molar-refractivity contribution in [1.29, 1.82) is 0 Å². The quantitative estimate of drug-likeness (QED) is 0.753. The van der Waals surface area contributed by atoms with Crippen LogP contribution in [0.3, 0.4) is 0 Å². The van der Waals surface area contributed by atoms with Crippen LogP contribution in [-0.2, 0) is 0 Å². The third kappa shape index (κ3) is 1.62. The highest BCUT2D eigenvalue weighted by Crippen LogP contribution is 2.29. The Morgan fingerprint density at radius 2 is 2.00 bits per heavy atom. The van der Waals surface area contributed by atoms with Gasteiger partial charge < -0.3 is 10.2 Å². The van der Waals surface area contributed by atoms with Crippen molar-refractivity contribution in [2.24, 2.45) is 0 Å². The summed E-state index contributed by atoms with van der Waals surface area (Å²) in [6, 6.07) is 0.524. The molecule has 1 rings (SSSR count). The Morgan fingerprint density at radius 1 is 1.46 bits per heavy atom. The predicted octanol–water partition coefficient (Wildman–Crippen LogP) is 2.13. The second-order valence-corrected chi connectivity index (χ2v) is 2.98. The van der Waals surface area contributed by atoms with Gasteiger partial charge in [-0.2, -0.15) is 0 Å². The summed E-state index contributed by atoms with van der Waals surface area (Å²) in [5.41, 5.74) is -0.951. The van der Waals surface area contributed by atoms with Crippen LogP contribution in [-0.4, -0.2) is 16.2 Å². The Bertz CT molecular complexity index is 378. The number of benzene rings is 1. The number of aromatic carboxylic acids is 1. The average molecular weight is 253 g/mol. The SMILES string of the molecule is O=C(O)c1c(O)cc(F)c(Br)c1F. The van der Waals surface area contributed by atoms with E-state index in [1.54, 1.807) is 0 Å². The van der Waals surface area contributed by atoms with Gasteiger partial charge in [-0.3, -0.25) is 0 Å². The van der Waals surface area contributed by atoms with Gasteiger partial charge in [0.2, 0.25) is 0 Å². The summed E-state index contributed by atoms with van der Waals surface area (Å²) < 4.78 is 25.0. The second kappa shape index (κ2) is 3.29. The lowest BCUT2D eigenvalue weighted by Gasteiger charge is -2.03. The molecule has 0 unspecified atom stereocenters. The van der Waals surface area contributed by atoms with Crippen LogP contribution < -0.4 is 0 Å². The average Bonchev–Trinajstić information content (AvgIpc) is 1.99. The number of halogens is 3. The van der Waals surface area contributed by atoms with Crippen molar-refractivity contribution in [2.45, 2.75) is 0 Å². The van der Waals surface area contributed by atoms with Crippen molar-refractivity contribution < 1.29 is 23.8 Å². The summed E-state index contributed by atoms with van der Waals surface area (Å²) in [5, 5.41) is 17.3. The highest BCUT2D eigenvalue weighted by molar-refractivity contribution is 9.10. The first-order valence-electron chi connectivity index (χ1n) is 3.05. The first-order valence-corrected chi connectivity index (χ1v) is 3.84. The summed E-state index contributed by atoms with van der Waals surface area (Å²) in [5.74, 6) is -4.98. The van der Waals surface area contributed by atoms with Crippen molar-refractivity contribution >= 4 is 21.9 Å². The monoisotopic (exact) mass is 252 g/mol. The fraction of sp³-hybridized carbons (Fsp3) is 0. The number of hydrogen-bond acceptors (Lipinski definition) is 2. The van der Waals surface area contributed by atoms with Gasteiger partial charge in [-0.1, -0.05) is 0 Å². The number of carboxylic acid groups (broad SMARTS) is 1. The van der Waals surface area contributed by atoms with E-state index in [1.165, 1.54) is 0 Å². The lowest BCUT2D eigenvalue weighted by Crippen LogP contribution is -2.03. The van der Waals surface area contributed by atoms with Gasteiger partial charge in [0.25, 0.3) is 0 Å². The molecule has 0 aromatic heterocycles. The summed E-state index contributed by atoms with van der Waals surface area (Å²) in [7, 11) is 0. The zero-order chi connectivity index (χ0) is 10.2. The van der Waals surface area contributed by atoms with Gasteiger partial charge in [-0.25, -0.2) is 13.6 Å². The van der Waals surface area contributed by atoms with Crippen LogP contribution in [0.1, 0.15) is 10.4 Å². The van der Waals surface area contributed by atoms with Gasteiger partial charge in [-0.05, 0) is 15.9 Å². The minimum atomic E-state index is -1.66. The van der Waals surface area contributed by atoms with Crippen LogP contribution in [0.15, 0.2) is 10.5 Å². The summed E-state index contributed by atoms with van der Waals surface area (Å²) >= 11 is 2.51. The Labute approximate surface area is 79.7 Å². The van der Waals surface area contributed by atoms with Gasteiger partial charge in [0.1, 0.15) is 17.1 Å². The first-order chi connectivity index (χ1) is 5.95. The largest absolute Gasteiger partial charge is 0.507 e. The molecule has 6 heteroatoms. The number of carboxylic acids is 1. The molecule has 0 aliphatic heterocycles. The molecule has 0 heterocycles. The van der Waals surface area contributed by atoms with Crippen molar-refractivity contribution in [3.8, 4) is 5.75 Å². The molecule has 0 amide bonds. The van der Waals surface area contributed by atoms with E-state index in [-0.39, 0.29) is 0 Å². The summed E-state index contributed by atoms with van der Waals surface area (Å²) in [6.07, 6.45) is 0. The molecule has 0 fully saturated rings. The van der Waals surface area contributed by atoms with Gasteiger partial charge in [0.15, 0.2) is 5.82 Å². The van der Waals surface area contributed by atoms with E-state index in [2.05, 4.69) is 15.9 Å². The molecule has 70 valence electrons. The molecule has 0 aliphatic rings. The van der Waals surface area contributed by atoms with Crippen molar-refractivity contribution in [3.05, 3.63) is 27.7 Å². The van der Waals surface area contributed by atoms with Crippen LogP contribution >= 0.6 is 15.9 Å². The third-order valence-electron chi connectivity index (χ3n) is 1.36. The highest BCUT2D eigenvalue weighted by atomic mass is 79.9. The maximum Gasteiger partial charge on any atom is 0.342 e. The maximum absolute atomic E-state index is 12.9. The van der Waals surface area contributed by atoms with Gasteiger partial charge in [0, 0.05) is 6.07 Å². The molecular weight excluding hydrogens is 250 g/mol. The maximum atomic E-state index is 12.9. The minimum absolute atomic E-state index is 0.524. The van der Waals surface area contributed by atoms with Gasteiger partial charge >= 0.3 is 5.97 Å². The molecule has 0 bridgehead atoms. The van der Waals surface area contributed by atoms with E-state index < -0.39 is 33.4 Å². The Morgan fingerprint density at radius 3 is 2.46 bits per heavy atom. The van der Waals surface area contributed by atoms with E-state index in [0.717, 1.165) is 0 Å². The normalized spacial score (nSPS) is 10.1. The molecule has 3 nitrogen and oxygen atoms in total. The summed E-state index contributed by atoms with van der Waals surface area (Å²) in [6.45, 7) is 0. The van der Waals surface area contributed by atoms with Crippen LogP contribution in [0.5, 0.6) is 5.75 Å². The van der Waals surface area contributed by atoms with E-state index in [9.17, 15) is 13.6 Å². The first kappa shape index (κ1) is 9.91. The van der Waals surface area contributed by atoms with Gasteiger partial charge in [0.05, 0.1) is 4.47 Å². The molecule has 1 aromatic rings. The van der Waals surface area contributed by atoms with Crippen LogP contribution in [0.4, 0.5) is 8.78 Å². The molecule has 0 radical (unpaired) electrons. The van der Waals surface area contributed by atoms with E-state index >= 15 is 0 Å². The number of aromatic hydroxyl groups is 1. The van der Waals surface area contributed by atoms with Crippen molar-refractivity contribution in [3.63, 3.8) is 0 Å². The van der Waals surface area contributed by atoms with Crippen molar-refractivity contribution in [2.75, 3.05) is 0 Å². The van der Waals surface area contributed by atoms with Gasteiger partial charge in [-0.15, -0.1) is 0 Å². The fourth-order valence-electron chi connectivity index (χ4n) is 0.786. The lowest BCUT2D eigenvalue weighted by molar-refractivity contribution is 0.0688. The van der Waals surface area contributed by atoms with E-state index in [1.807, 2.05) is 0 Å². The molecular formula is C7H3BrF2O3. The van der Waals surface area contributed by atoms with Crippen molar-refractivity contribution in [1.82, 2.24) is 0 Å². The molecule has 1 aromatic carbocycles. The molecule has 0 saturated heterocycles. The topological polar surface area (TPSA) is 57.5 Å². The molecule has 2 N–H and O–H groups in total. The lowest BCUT2D eigenvalue weighted by atomic mass is 10.2. The fourth-order valence-corrected chi connectivity index (χ4v) is 1.10. The third-order valence-corrected chi connectivity index (χ3v) is 2.08. The standard InChI is InChI=1S/C7H3BrF2O3/c8-5-2(9)1-3(11)4(6(5)10)7(12)13/h1,11H,(H,12,13). The zero-order valence-corrected chi connectivity index (χ0v) is 7.60. The number of rotatable bonds is 1. The van der Waals surface area contributed by atoms with E-state index in [0.29, 0.717) is 6.07 Å². The number of hydrogen-bond donors (Lipinski definition) is 2. The number of carbonyl (C=O) groups is 1. The zero-order valence-electron chi connectivity index (χ0n) is 6.01. The van der Waals surface area contributed by atoms with Crippen LogP contribution in [0.25, 0.3) is 0 Å². The summed E-state index contributed by atoms with van der Waals surface area (Å²) in [4.78, 5) is 10.4. The number of phenols is 1. The molecule has 0 saturated carbocycles. The molecule has 13 heavy (non-hydrogen) atoms. The Kier molecular flexibility index (Phi) is 2.51. The molecule has 0 atom stereocenters. The van der Waals surface area contributed by atoms with E-state index in [4.69, 9.17) is 10.2 Å². The van der Waals surface area contributed by atoms with Crippen LogP contribution in [0.2, 0.25) is 0 Å². The predicted molar refractivity (Wildman–Crippen MR) is 42.7 cm³/mol. The van der Waals surface area contributed by atoms with Crippen LogP contribution in [0, 0.1) is 11.6 Å². The molecule has 0 aliphatic carbocycles. The second-order valence-electron chi connectivity index (χ2n) is 2.19. The Hall–Kier alpha value is -1.17. The highest BCUT2D eigenvalue weighted by Gasteiger charge is 2.21.